The first-order chi connectivity index (χ1) is 10.7. The van der Waals surface area contributed by atoms with E-state index in [-0.39, 0.29) is 11.7 Å². The number of thiophene rings is 1. The fourth-order valence-corrected chi connectivity index (χ4v) is 3.42. The van der Waals surface area contributed by atoms with E-state index in [1.54, 1.807) is 24.3 Å². The van der Waals surface area contributed by atoms with Crippen LogP contribution in [-0.2, 0) is 4.79 Å². The normalized spacial score (nSPS) is 10.5. The zero-order valence-electron chi connectivity index (χ0n) is 11.4. The molecule has 5 nitrogen and oxygen atoms in total. The Kier molecular flexibility index (Phi) is 4.45. The number of fused-ring (bicyclic) bond motifs is 1. The van der Waals surface area contributed by atoms with Crippen molar-refractivity contribution in [2.75, 3.05) is 5.75 Å². The highest BCUT2D eigenvalue weighted by Crippen LogP contribution is 2.27. The highest BCUT2D eigenvalue weighted by molar-refractivity contribution is 8.00. The van der Waals surface area contributed by atoms with Gasteiger partial charge >= 0.3 is 0 Å². The van der Waals surface area contributed by atoms with Crippen molar-refractivity contribution in [1.29, 1.82) is 0 Å². The molecule has 0 saturated carbocycles. The van der Waals surface area contributed by atoms with Gasteiger partial charge in [0.25, 0.3) is 5.91 Å². The Labute approximate surface area is 134 Å². The minimum atomic E-state index is -0.394. The molecule has 2 aromatic heterocycles. The van der Waals surface area contributed by atoms with Crippen LogP contribution in [0, 0.1) is 0 Å². The molecule has 0 unspecified atom stereocenters. The van der Waals surface area contributed by atoms with Crippen molar-refractivity contribution in [3.63, 3.8) is 0 Å². The smallest absolute Gasteiger partial charge is 0.257 e. The van der Waals surface area contributed by atoms with Crippen LogP contribution in [0.2, 0.25) is 0 Å². The first-order valence-electron chi connectivity index (χ1n) is 6.44. The molecule has 7 heteroatoms. The van der Waals surface area contributed by atoms with Crippen LogP contribution in [0.3, 0.4) is 0 Å². The molecule has 0 aliphatic rings. The summed E-state index contributed by atoms with van der Waals surface area (Å²) in [5.74, 6) is -0.615. The van der Waals surface area contributed by atoms with Crippen molar-refractivity contribution in [2.24, 2.45) is 0 Å². The van der Waals surface area contributed by atoms with E-state index in [4.69, 9.17) is 0 Å². The maximum atomic E-state index is 11.9. The van der Waals surface area contributed by atoms with E-state index >= 15 is 0 Å². The third-order valence-corrected chi connectivity index (χ3v) is 4.68. The predicted molar refractivity (Wildman–Crippen MR) is 87.1 cm³/mol. The lowest BCUT2D eigenvalue weighted by Crippen LogP contribution is -2.31. The van der Waals surface area contributed by atoms with Crippen molar-refractivity contribution in [3.8, 4) is 0 Å². The van der Waals surface area contributed by atoms with Crippen LogP contribution in [0.15, 0.2) is 53.1 Å². The molecule has 110 valence electrons. The van der Waals surface area contributed by atoms with Gasteiger partial charge in [0.2, 0.25) is 5.91 Å². The second-order valence-corrected chi connectivity index (χ2v) is 6.21. The Morgan fingerprint density at radius 2 is 1.95 bits per heavy atom. The van der Waals surface area contributed by atoms with Crippen molar-refractivity contribution in [1.82, 2.24) is 15.3 Å². The van der Waals surface area contributed by atoms with Gasteiger partial charge < -0.3 is 0 Å². The van der Waals surface area contributed by atoms with Crippen LogP contribution in [0.1, 0.15) is 10.4 Å². The van der Waals surface area contributed by atoms with Crippen LogP contribution in [0.25, 0.3) is 10.2 Å². The van der Waals surface area contributed by atoms with Gasteiger partial charge in [-0.05, 0) is 23.6 Å². The SMILES string of the molecule is O=C(CSc1ncnc2sccc12)NC(=O)c1ccccc1. The standard InChI is InChI=1S/C15H11N3O2S2/c19-12(18-13(20)10-4-2-1-3-5-10)8-22-15-11-6-7-21-14(11)16-9-17-15/h1-7,9H,8H2,(H,18,19,20). The number of aromatic nitrogens is 2. The van der Waals surface area contributed by atoms with Crippen molar-refractivity contribution >= 4 is 45.1 Å². The summed E-state index contributed by atoms with van der Waals surface area (Å²) in [5.41, 5.74) is 0.461. The first-order valence-corrected chi connectivity index (χ1v) is 8.31. The van der Waals surface area contributed by atoms with Gasteiger partial charge in [-0.15, -0.1) is 11.3 Å². The highest BCUT2D eigenvalue weighted by atomic mass is 32.2. The lowest BCUT2D eigenvalue weighted by atomic mass is 10.2. The Morgan fingerprint density at radius 1 is 1.14 bits per heavy atom. The summed E-state index contributed by atoms with van der Waals surface area (Å²) in [4.78, 5) is 33.0. The zero-order chi connectivity index (χ0) is 15.4. The van der Waals surface area contributed by atoms with Crippen molar-refractivity contribution in [2.45, 2.75) is 5.03 Å². The summed E-state index contributed by atoms with van der Waals surface area (Å²) >= 11 is 2.82. The molecule has 2 amide bonds. The molecule has 0 aliphatic heterocycles. The predicted octanol–water partition coefficient (Wildman–Crippen LogP) is 2.74. The van der Waals surface area contributed by atoms with Crippen LogP contribution in [0.5, 0.6) is 0 Å². The summed E-state index contributed by atoms with van der Waals surface area (Å²) in [6, 6.07) is 10.6. The number of nitrogens with zero attached hydrogens (tertiary/aromatic N) is 2. The quantitative estimate of drug-likeness (QED) is 0.588. The minimum Gasteiger partial charge on any atom is -0.292 e. The average Bonchev–Trinajstić information content (AvgIpc) is 3.03. The largest absolute Gasteiger partial charge is 0.292 e. The minimum absolute atomic E-state index is 0.126. The van der Waals surface area contributed by atoms with E-state index in [2.05, 4.69) is 15.3 Å². The van der Waals surface area contributed by atoms with Gasteiger partial charge in [-0.1, -0.05) is 30.0 Å². The van der Waals surface area contributed by atoms with E-state index in [0.717, 1.165) is 15.2 Å². The van der Waals surface area contributed by atoms with Crippen molar-refractivity contribution in [3.05, 3.63) is 53.7 Å². The highest BCUT2D eigenvalue weighted by Gasteiger charge is 2.12. The number of amides is 2. The van der Waals surface area contributed by atoms with Crippen LogP contribution < -0.4 is 5.32 Å². The molecule has 1 N–H and O–H groups in total. The molecule has 0 saturated heterocycles. The number of carbonyl (C=O) groups is 2. The van der Waals surface area contributed by atoms with Gasteiger partial charge in [-0.3, -0.25) is 14.9 Å². The van der Waals surface area contributed by atoms with Crippen LogP contribution in [-0.4, -0.2) is 27.5 Å². The van der Waals surface area contributed by atoms with Gasteiger partial charge in [-0.2, -0.15) is 0 Å². The lowest BCUT2D eigenvalue weighted by Gasteiger charge is -2.04. The molecular formula is C15H11N3O2S2. The van der Waals surface area contributed by atoms with Gasteiger partial charge in [0.05, 0.1) is 5.75 Å². The fraction of sp³-hybridized carbons (Fsp3) is 0.0667. The summed E-state index contributed by atoms with van der Waals surface area (Å²) in [5, 5.41) is 5.98. The number of hydrogen-bond donors (Lipinski definition) is 1. The lowest BCUT2D eigenvalue weighted by molar-refractivity contribution is -0.117. The summed E-state index contributed by atoms with van der Waals surface area (Å²) < 4.78 is 0. The first kappa shape index (κ1) is 14.7. The molecule has 3 rings (SSSR count). The number of imide groups is 1. The number of thioether (sulfide) groups is 1. The van der Waals surface area contributed by atoms with E-state index in [1.165, 1.54) is 29.4 Å². The Balaban J connectivity index is 1.61. The summed E-state index contributed by atoms with van der Waals surface area (Å²) in [6.07, 6.45) is 1.48. The number of hydrogen-bond acceptors (Lipinski definition) is 6. The van der Waals surface area contributed by atoms with Crippen molar-refractivity contribution < 1.29 is 9.59 Å². The molecule has 0 fully saturated rings. The van der Waals surface area contributed by atoms with E-state index < -0.39 is 5.91 Å². The van der Waals surface area contributed by atoms with Crippen LogP contribution in [0.4, 0.5) is 0 Å². The molecule has 22 heavy (non-hydrogen) atoms. The van der Waals surface area contributed by atoms with E-state index in [1.807, 2.05) is 17.5 Å². The zero-order valence-corrected chi connectivity index (χ0v) is 13.0. The van der Waals surface area contributed by atoms with Crippen LogP contribution >= 0.6 is 23.1 Å². The van der Waals surface area contributed by atoms with Gasteiger partial charge in [-0.25, -0.2) is 9.97 Å². The number of benzene rings is 1. The number of nitrogens with one attached hydrogen (secondary N) is 1. The van der Waals surface area contributed by atoms with Gasteiger partial charge in [0.1, 0.15) is 16.2 Å². The average molecular weight is 329 g/mol. The fourth-order valence-electron chi connectivity index (χ4n) is 1.84. The Morgan fingerprint density at radius 3 is 2.77 bits per heavy atom. The molecule has 2 heterocycles. The van der Waals surface area contributed by atoms with Gasteiger partial charge in [0.15, 0.2) is 0 Å². The van der Waals surface area contributed by atoms with E-state index in [0.29, 0.717) is 5.56 Å². The molecule has 3 aromatic rings. The third kappa shape index (κ3) is 3.32. The van der Waals surface area contributed by atoms with Gasteiger partial charge in [0, 0.05) is 10.9 Å². The van der Waals surface area contributed by atoms with E-state index in [9.17, 15) is 9.59 Å². The number of carbonyl (C=O) groups excluding carboxylic acids is 2. The second-order valence-electron chi connectivity index (χ2n) is 4.35. The maximum Gasteiger partial charge on any atom is 0.257 e. The molecule has 0 spiro atoms. The monoisotopic (exact) mass is 329 g/mol. The molecule has 0 bridgehead atoms. The molecule has 0 aliphatic carbocycles. The molecule has 0 atom stereocenters. The maximum absolute atomic E-state index is 11.9. The molecule has 0 radical (unpaired) electrons. The second kappa shape index (κ2) is 6.67. The number of rotatable bonds is 4. The third-order valence-electron chi connectivity index (χ3n) is 2.85. The Hall–Kier alpha value is -2.25. The molecule has 1 aromatic carbocycles. The summed E-state index contributed by atoms with van der Waals surface area (Å²) in [6.45, 7) is 0. The Bertz CT molecular complexity index is 818. The summed E-state index contributed by atoms with van der Waals surface area (Å²) in [7, 11) is 0. The molecular weight excluding hydrogens is 318 g/mol. The topological polar surface area (TPSA) is 72.0 Å².